The smallest absolute Gasteiger partial charge is 1.00 e. The number of β-lactam (4-membered cyclic amide) rings is 1. The Bertz CT molecular complexity index is 1130. The minimum atomic E-state index is -1.19. The molecule has 2 aromatic rings. The Morgan fingerprint density at radius 3 is 2.94 bits per heavy atom. The molecule has 12 nitrogen and oxygen atoms in total. The second kappa shape index (κ2) is 10.9. The number of nitrogens with one attached hydrogen (secondary N) is 2. The minimum Gasteiger partial charge on any atom is -1.00 e. The van der Waals surface area contributed by atoms with Crippen LogP contribution in [0.4, 0.5) is 5.13 Å². The first-order valence-electron chi connectivity index (χ1n) is 9.06. The number of carbonyl (C=O) groups excluding carboxylic acids is 2. The number of H-pyrrole nitrogens is 1. The van der Waals surface area contributed by atoms with Crippen LogP contribution in [-0.4, -0.2) is 78.5 Å². The van der Waals surface area contributed by atoms with Crippen LogP contribution in [0, 0.1) is 0 Å². The van der Waals surface area contributed by atoms with E-state index in [9.17, 15) is 19.5 Å². The molecule has 170 valence electrons. The van der Waals surface area contributed by atoms with E-state index in [1.807, 2.05) is 0 Å². The van der Waals surface area contributed by atoms with E-state index in [1.165, 1.54) is 35.5 Å². The molecule has 0 radical (unpaired) electrons. The van der Waals surface area contributed by atoms with E-state index < -0.39 is 29.2 Å². The average molecular weight is 520 g/mol. The van der Waals surface area contributed by atoms with Gasteiger partial charge in [-0.05, 0) is 5.57 Å². The Balaban J connectivity index is 0.00000204. The van der Waals surface area contributed by atoms with Crippen molar-refractivity contribution in [2.75, 3.05) is 24.3 Å². The quantitative estimate of drug-likeness (QED) is 0.0955. The van der Waals surface area contributed by atoms with Crippen LogP contribution in [0.15, 0.2) is 39.4 Å². The first-order chi connectivity index (χ1) is 15.4. The number of aromatic nitrogens is 3. The number of thioether (sulfide) groups is 2. The summed E-state index contributed by atoms with van der Waals surface area (Å²) >= 11 is 3.86. The van der Waals surface area contributed by atoms with Crippen molar-refractivity contribution in [3.05, 3.63) is 34.7 Å². The fraction of sp³-hybridized carbons (Fsp3) is 0.294. The van der Waals surface area contributed by atoms with Crippen molar-refractivity contribution in [2.45, 2.75) is 16.6 Å². The van der Waals surface area contributed by atoms with Gasteiger partial charge in [0.1, 0.15) is 29.9 Å². The summed E-state index contributed by atoms with van der Waals surface area (Å²) in [5, 5.41) is 18.0. The van der Waals surface area contributed by atoms with E-state index in [0.29, 0.717) is 22.2 Å². The Hall–Kier alpha value is -2.04. The van der Waals surface area contributed by atoms with Crippen molar-refractivity contribution >= 4 is 63.5 Å². The Labute approximate surface area is 223 Å². The maximum absolute atomic E-state index is 12.8. The van der Waals surface area contributed by atoms with Crippen LogP contribution in [0.25, 0.3) is 0 Å². The molecule has 4 heterocycles. The van der Waals surface area contributed by atoms with Crippen molar-refractivity contribution < 1.29 is 55.3 Å². The van der Waals surface area contributed by atoms with Crippen LogP contribution in [0.1, 0.15) is 7.12 Å². The third-order valence-electron chi connectivity index (χ3n) is 4.55. The number of nitrogens with zero attached hydrogens (tertiary/aromatic N) is 4. The van der Waals surface area contributed by atoms with Gasteiger partial charge in [0.15, 0.2) is 16.0 Å². The number of imidazole rings is 1. The monoisotopic (exact) mass is 519 g/mol. The molecule has 0 saturated carbocycles. The predicted octanol–water partition coefficient (Wildman–Crippen LogP) is -2.55. The summed E-state index contributed by atoms with van der Waals surface area (Å²) in [6.07, 6.45) is 3.28. The van der Waals surface area contributed by atoms with E-state index in [-0.39, 0.29) is 53.2 Å². The molecule has 2 atom stereocenters. The van der Waals surface area contributed by atoms with Crippen molar-refractivity contribution in [2.24, 2.45) is 5.16 Å². The van der Waals surface area contributed by atoms with Crippen molar-refractivity contribution in [1.29, 1.82) is 0 Å². The molecule has 1 unspecified atom stereocenters. The standard InChI is InChI=1S/C17H17N7O5S3.Na.H/c1-29-23-9(8-6-31-16(18)21-8)12(25)22-10-13(26)24-11(15(27)28)7(4-30-14(10)24)5-32-17-19-2-3-20-17;;/h2-3,6,10,14H,4-5H2,1H3,(H2,18,21)(H,19,20)(H,22,25)(H,27,28);;/q;+1;-1/b23-9+;;/t10?,14-;;/m1../s1. The number of hydrogen-bond donors (Lipinski definition) is 4. The second-order valence-corrected chi connectivity index (χ2v) is 9.45. The van der Waals surface area contributed by atoms with Crippen LogP contribution in [0.2, 0.25) is 0 Å². The summed E-state index contributed by atoms with van der Waals surface area (Å²) in [6.45, 7) is 0. The summed E-state index contributed by atoms with van der Waals surface area (Å²) in [7, 11) is 1.28. The summed E-state index contributed by atoms with van der Waals surface area (Å²) in [6, 6.07) is -0.904. The number of thiazole rings is 1. The average Bonchev–Trinajstić information content (AvgIpc) is 3.45. The number of oxime groups is 1. The molecule has 2 aliphatic heterocycles. The van der Waals surface area contributed by atoms with Gasteiger partial charge in [-0.2, -0.15) is 0 Å². The third-order valence-corrected chi connectivity index (χ3v) is 7.56. The van der Waals surface area contributed by atoms with Crippen LogP contribution in [-0.2, 0) is 19.2 Å². The van der Waals surface area contributed by atoms with Gasteiger partial charge in [-0.15, -0.1) is 23.1 Å². The normalized spacial score (nSPS) is 20.0. The maximum Gasteiger partial charge on any atom is 1.00 e. The zero-order valence-corrected chi connectivity index (χ0v) is 21.9. The fourth-order valence-electron chi connectivity index (χ4n) is 3.18. The Kier molecular flexibility index (Phi) is 8.47. The van der Waals surface area contributed by atoms with Crippen LogP contribution in [0.5, 0.6) is 0 Å². The number of carboxylic acid groups (broad SMARTS) is 1. The van der Waals surface area contributed by atoms with Gasteiger partial charge in [0.05, 0.1) is 0 Å². The minimum absolute atomic E-state index is 0. The van der Waals surface area contributed by atoms with Gasteiger partial charge < -0.3 is 27.4 Å². The fourth-order valence-corrected chi connectivity index (χ4v) is 6.04. The number of nitrogens with two attached hydrogens (primary N) is 1. The summed E-state index contributed by atoms with van der Waals surface area (Å²) in [4.78, 5) is 54.5. The van der Waals surface area contributed by atoms with Gasteiger partial charge in [-0.25, -0.2) is 14.8 Å². The van der Waals surface area contributed by atoms with Gasteiger partial charge in [0.2, 0.25) is 0 Å². The van der Waals surface area contributed by atoms with Crippen molar-refractivity contribution in [3.8, 4) is 0 Å². The van der Waals surface area contributed by atoms with E-state index in [2.05, 4.69) is 25.4 Å². The molecule has 1 fully saturated rings. The summed E-state index contributed by atoms with van der Waals surface area (Å²) in [5.41, 5.74) is 6.27. The van der Waals surface area contributed by atoms with Gasteiger partial charge in [-0.3, -0.25) is 14.5 Å². The van der Waals surface area contributed by atoms with E-state index in [0.717, 1.165) is 11.3 Å². The molecule has 4 rings (SSSR count). The molecule has 5 N–H and O–H groups in total. The van der Waals surface area contributed by atoms with Crippen molar-refractivity contribution in [1.82, 2.24) is 25.2 Å². The zero-order chi connectivity index (χ0) is 22.8. The van der Waals surface area contributed by atoms with Gasteiger partial charge in [0, 0.05) is 29.3 Å². The van der Waals surface area contributed by atoms with Crippen LogP contribution < -0.4 is 40.6 Å². The first-order valence-corrected chi connectivity index (χ1v) is 12.0. The second-order valence-electron chi connectivity index (χ2n) is 6.49. The molecule has 0 spiro atoms. The Morgan fingerprint density at radius 2 is 2.33 bits per heavy atom. The van der Waals surface area contributed by atoms with E-state index in [4.69, 9.17) is 10.6 Å². The summed E-state index contributed by atoms with van der Waals surface area (Å²) < 4.78 is 0. The van der Waals surface area contributed by atoms with Gasteiger partial charge >= 0.3 is 35.5 Å². The molecular formula is C17H18N7NaO5S3. The topological polar surface area (TPSA) is 176 Å². The van der Waals surface area contributed by atoms with Crippen LogP contribution >= 0.6 is 34.9 Å². The first kappa shape index (κ1) is 25.6. The maximum atomic E-state index is 12.8. The molecule has 2 aromatic heterocycles. The molecule has 0 aromatic carbocycles. The predicted molar refractivity (Wildman–Crippen MR) is 120 cm³/mol. The third kappa shape index (κ3) is 5.22. The van der Waals surface area contributed by atoms with Crippen LogP contribution in [0.3, 0.4) is 0 Å². The van der Waals surface area contributed by atoms with Gasteiger partial charge in [-0.1, -0.05) is 16.9 Å². The number of carboxylic acids is 1. The number of rotatable bonds is 8. The molecule has 1 saturated heterocycles. The van der Waals surface area contributed by atoms with E-state index in [1.54, 1.807) is 17.8 Å². The number of anilines is 1. The number of carbonyl (C=O) groups is 3. The van der Waals surface area contributed by atoms with E-state index >= 15 is 0 Å². The molecule has 2 aliphatic rings. The number of amides is 2. The molecule has 0 aliphatic carbocycles. The molecule has 33 heavy (non-hydrogen) atoms. The Morgan fingerprint density at radius 1 is 1.55 bits per heavy atom. The van der Waals surface area contributed by atoms with Gasteiger partial charge in [0.25, 0.3) is 11.8 Å². The SMILES string of the molecule is CO/N=C(/C(=O)NC1C(=O)N2C(C(=O)O)=C(CSc3ncc[nH]3)CS[C@H]12)c1csc(N)n1.[H-].[Na+]. The number of aromatic amines is 1. The number of hydrogen-bond acceptors (Lipinski definition) is 11. The zero-order valence-electron chi connectivity index (χ0n) is 18.5. The summed E-state index contributed by atoms with van der Waals surface area (Å²) in [5.74, 6) is -1.61. The molecule has 16 heteroatoms. The number of nitrogen functional groups attached to an aromatic ring is 1. The molecule has 2 amide bonds. The molecular weight excluding hydrogens is 501 g/mol. The van der Waals surface area contributed by atoms with Crippen molar-refractivity contribution in [3.63, 3.8) is 0 Å². The number of fused-ring (bicyclic) bond motifs is 1. The molecule has 0 bridgehead atoms. The number of aliphatic carboxylic acids is 1. The largest absolute Gasteiger partial charge is 1.00 e.